The van der Waals surface area contributed by atoms with Crippen molar-refractivity contribution in [2.24, 2.45) is 0 Å². The Kier molecular flexibility index (Phi) is 6.18. The fourth-order valence-electron chi connectivity index (χ4n) is 2.12. The van der Waals surface area contributed by atoms with Crippen LogP contribution in [-0.4, -0.2) is 15.2 Å². The molecule has 0 aromatic carbocycles. The molecule has 1 aliphatic rings. The highest BCUT2D eigenvalue weighted by atomic mass is 27.1. The first-order chi connectivity index (χ1) is 5.93. The van der Waals surface area contributed by atoms with Crippen LogP contribution in [-0.2, 0) is 0 Å². The van der Waals surface area contributed by atoms with E-state index >= 15 is 0 Å². The fraction of sp³-hybridized carbons (Fsp3) is 1.00. The standard InChI is InChI=1S/C6H11.C5H11.Al/c1-2-4-6-5-3-1;1-3-5-4-2;/h1H,2-6H2;1,3-5H2,2H3;. The van der Waals surface area contributed by atoms with Gasteiger partial charge >= 0.3 is 0 Å². The molecule has 0 bridgehead atoms. The molecular weight excluding hydrogens is 159 g/mol. The predicted octanol–water partition coefficient (Wildman–Crippen LogP) is 4.05. The first-order valence-electron chi connectivity index (χ1n) is 5.77. The van der Waals surface area contributed by atoms with Crippen LogP contribution in [0.2, 0.25) is 10.1 Å². The van der Waals surface area contributed by atoms with Crippen LogP contribution in [0.5, 0.6) is 0 Å². The first-order valence-corrected chi connectivity index (χ1v) is 7.25. The minimum atomic E-state index is 0.818. The number of unbranched alkanes of at least 4 members (excludes halogenated alkanes) is 2. The average Bonchev–Trinajstić information content (AvgIpc) is 2.14. The van der Waals surface area contributed by atoms with E-state index in [2.05, 4.69) is 6.92 Å². The van der Waals surface area contributed by atoms with Crippen molar-refractivity contribution in [1.82, 2.24) is 0 Å². The van der Waals surface area contributed by atoms with Crippen molar-refractivity contribution in [3.05, 3.63) is 0 Å². The van der Waals surface area contributed by atoms with Crippen molar-refractivity contribution in [3.8, 4) is 0 Å². The van der Waals surface area contributed by atoms with Gasteiger partial charge in [0.25, 0.3) is 0 Å². The van der Waals surface area contributed by atoms with Crippen LogP contribution in [0.1, 0.15) is 58.3 Å². The van der Waals surface area contributed by atoms with Gasteiger partial charge in [0.2, 0.25) is 15.2 Å². The Morgan fingerprint density at radius 1 is 1.08 bits per heavy atom. The highest BCUT2D eigenvalue weighted by Gasteiger charge is 2.13. The van der Waals surface area contributed by atoms with E-state index in [0.717, 1.165) is 15.2 Å². The van der Waals surface area contributed by atoms with E-state index in [-0.39, 0.29) is 0 Å². The van der Waals surface area contributed by atoms with E-state index in [4.69, 9.17) is 0 Å². The quantitative estimate of drug-likeness (QED) is 0.443. The van der Waals surface area contributed by atoms with E-state index in [0.29, 0.717) is 0 Å². The van der Waals surface area contributed by atoms with Crippen molar-refractivity contribution in [2.45, 2.75) is 68.4 Å². The van der Waals surface area contributed by atoms with Gasteiger partial charge in [0.1, 0.15) is 0 Å². The van der Waals surface area contributed by atoms with Gasteiger partial charge in [-0.1, -0.05) is 63.1 Å². The molecule has 1 rings (SSSR count). The minimum absolute atomic E-state index is 0.818. The molecule has 1 fully saturated rings. The molecule has 0 aromatic rings. The lowest BCUT2D eigenvalue weighted by molar-refractivity contribution is 0.499. The summed E-state index contributed by atoms with van der Waals surface area (Å²) in [6, 6.07) is 0. The average molecular weight is 181 g/mol. The van der Waals surface area contributed by atoms with E-state index in [9.17, 15) is 0 Å². The van der Waals surface area contributed by atoms with Crippen molar-refractivity contribution in [3.63, 3.8) is 0 Å². The van der Waals surface area contributed by atoms with Gasteiger partial charge in [-0.25, -0.2) is 0 Å². The smallest absolute Gasteiger partial charge is 0.103 e. The molecule has 1 heteroatoms. The van der Waals surface area contributed by atoms with Crippen LogP contribution in [0.4, 0.5) is 0 Å². The maximum Gasteiger partial charge on any atom is 0.205 e. The zero-order valence-corrected chi connectivity index (χ0v) is 9.67. The Morgan fingerprint density at radius 2 is 1.83 bits per heavy atom. The van der Waals surface area contributed by atoms with E-state index in [1.54, 1.807) is 18.1 Å². The summed E-state index contributed by atoms with van der Waals surface area (Å²) in [4.78, 5) is 0. The Labute approximate surface area is 83.8 Å². The predicted molar refractivity (Wildman–Crippen MR) is 56.9 cm³/mol. The summed E-state index contributed by atoms with van der Waals surface area (Å²) in [7, 11) is 0. The third-order valence-corrected chi connectivity index (χ3v) is 5.03. The first kappa shape index (κ1) is 10.6. The topological polar surface area (TPSA) is 0 Å². The largest absolute Gasteiger partial charge is 0.205 e. The summed E-state index contributed by atoms with van der Waals surface area (Å²) in [5, 5.41) is 1.58. The normalized spacial score (nSPS) is 19.4. The second-order valence-corrected chi connectivity index (χ2v) is 6.12. The molecule has 0 aromatic heterocycles. The molecule has 0 amide bonds. The molecule has 12 heavy (non-hydrogen) atoms. The van der Waals surface area contributed by atoms with Crippen molar-refractivity contribution in [1.29, 1.82) is 0 Å². The maximum absolute atomic E-state index is 2.30. The SMILES string of the molecule is CCCC[CH2][Al][CH]1CCCCC1. The lowest BCUT2D eigenvalue weighted by Gasteiger charge is -2.20. The monoisotopic (exact) mass is 181 g/mol. The number of rotatable bonds is 5. The zero-order chi connectivity index (χ0) is 8.65. The highest BCUT2D eigenvalue weighted by Crippen LogP contribution is 2.28. The fourth-order valence-corrected chi connectivity index (χ4v) is 4.06. The van der Waals surface area contributed by atoms with Gasteiger partial charge in [-0.15, -0.1) is 5.28 Å². The Bertz CT molecular complexity index is 95.2. The van der Waals surface area contributed by atoms with Crippen LogP contribution >= 0.6 is 0 Å². The van der Waals surface area contributed by atoms with Gasteiger partial charge in [-0.2, -0.15) is 0 Å². The molecule has 0 nitrogen and oxygen atoms in total. The maximum atomic E-state index is 2.30. The molecular formula is C11H22Al. The van der Waals surface area contributed by atoms with E-state index in [1.165, 1.54) is 43.3 Å². The lowest BCUT2D eigenvalue weighted by Crippen LogP contribution is -2.07. The van der Waals surface area contributed by atoms with Gasteiger partial charge in [0.05, 0.1) is 0 Å². The number of hydrogen-bond acceptors (Lipinski definition) is 0. The van der Waals surface area contributed by atoms with Gasteiger partial charge in [-0.3, -0.25) is 0 Å². The summed E-state index contributed by atoms with van der Waals surface area (Å²) >= 11 is 0.818. The van der Waals surface area contributed by atoms with Crippen LogP contribution in [0.3, 0.4) is 0 Å². The summed E-state index contributed by atoms with van der Waals surface area (Å²) in [5.74, 6) is 0. The molecule has 0 unspecified atom stereocenters. The summed E-state index contributed by atoms with van der Waals surface area (Å²) in [5.41, 5.74) is 0. The molecule has 0 heterocycles. The second kappa shape index (κ2) is 6.99. The van der Waals surface area contributed by atoms with Crippen molar-refractivity contribution >= 4 is 15.2 Å². The summed E-state index contributed by atoms with van der Waals surface area (Å²) in [6.45, 7) is 2.30. The molecule has 0 N–H and O–H groups in total. The molecule has 0 aliphatic heterocycles. The van der Waals surface area contributed by atoms with Crippen LogP contribution in [0, 0.1) is 0 Å². The van der Waals surface area contributed by atoms with E-state index < -0.39 is 0 Å². The summed E-state index contributed by atoms with van der Waals surface area (Å²) < 4.78 is 1.19. The van der Waals surface area contributed by atoms with Crippen LogP contribution < -0.4 is 0 Å². The molecule has 1 radical (unpaired) electrons. The third-order valence-electron chi connectivity index (χ3n) is 2.96. The van der Waals surface area contributed by atoms with Gasteiger partial charge < -0.3 is 0 Å². The van der Waals surface area contributed by atoms with Crippen LogP contribution in [0.25, 0.3) is 0 Å². The molecule has 0 spiro atoms. The Morgan fingerprint density at radius 3 is 2.50 bits per heavy atom. The van der Waals surface area contributed by atoms with Gasteiger partial charge in [0.15, 0.2) is 0 Å². The highest BCUT2D eigenvalue weighted by molar-refractivity contribution is 6.37. The van der Waals surface area contributed by atoms with E-state index in [1.807, 2.05) is 0 Å². The van der Waals surface area contributed by atoms with Gasteiger partial charge in [-0.05, 0) is 0 Å². The lowest BCUT2D eigenvalue weighted by atomic mass is 10.0. The van der Waals surface area contributed by atoms with Gasteiger partial charge in [0, 0.05) is 0 Å². The van der Waals surface area contributed by atoms with Crippen LogP contribution in [0.15, 0.2) is 0 Å². The Hall–Kier alpha value is 0.532. The molecule has 69 valence electrons. The molecule has 1 aliphatic carbocycles. The minimum Gasteiger partial charge on any atom is -0.103 e. The third kappa shape index (κ3) is 4.53. The second-order valence-electron chi connectivity index (χ2n) is 4.13. The molecule has 1 saturated carbocycles. The van der Waals surface area contributed by atoms with Crippen molar-refractivity contribution in [2.75, 3.05) is 0 Å². The molecule has 0 saturated heterocycles. The Balaban J connectivity index is 1.91. The molecule has 0 atom stereocenters. The number of hydrogen-bond donors (Lipinski definition) is 0. The summed E-state index contributed by atoms with van der Waals surface area (Å²) in [6.07, 6.45) is 12.1. The van der Waals surface area contributed by atoms with Crippen molar-refractivity contribution < 1.29 is 0 Å². The zero-order valence-electron chi connectivity index (χ0n) is 8.52.